The summed E-state index contributed by atoms with van der Waals surface area (Å²) in [4.78, 5) is 7.37. The van der Waals surface area contributed by atoms with E-state index in [1.807, 2.05) is 0 Å². The summed E-state index contributed by atoms with van der Waals surface area (Å²) in [6.45, 7) is 0. The molecule has 4 N–H and O–H groups in total. The lowest BCUT2D eigenvalue weighted by Gasteiger charge is -1.99. The molecule has 16 heavy (non-hydrogen) atoms. The Balaban J connectivity index is 2.85. The molecule has 5 nitrogen and oxygen atoms in total. The Labute approximate surface area is 97.7 Å². The number of allylic oxidation sites excluding steroid dienone is 1. The van der Waals surface area contributed by atoms with E-state index in [0.717, 1.165) is 6.34 Å². The van der Waals surface area contributed by atoms with E-state index in [-0.39, 0.29) is 16.7 Å². The van der Waals surface area contributed by atoms with Gasteiger partial charge in [-0.05, 0) is 24.3 Å². The van der Waals surface area contributed by atoms with Crippen molar-refractivity contribution >= 4 is 29.5 Å². The maximum Gasteiger partial charge on any atom is 0.138 e. The van der Waals surface area contributed by atoms with Crippen molar-refractivity contribution < 1.29 is 0 Å². The number of rotatable bonds is 4. The Morgan fingerprint density at radius 2 is 2.25 bits per heavy atom. The van der Waals surface area contributed by atoms with Crippen LogP contribution in [0.3, 0.4) is 0 Å². The number of aliphatic imine (C=N–C) groups is 1. The minimum Gasteiger partial charge on any atom is -0.384 e. The fourth-order valence-corrected chi connectivity index (χ4v) is 1.18. The first kappa shape index (κ1) is 12.1. The van der Waals surface area contributed by atoms with E-state index in [9.17, 15) is 0 Å². The van der Waals surface area contributed by atoms with Crippen molar-refractivity contribution in [2.45, 2.75) is 0 Å². The van der Waals surface area contributed by atoms with Crippen molar-refractivity contribution in [1.29, 1.82) is 10.8 Å². The fourth-order valence-electron chi connectivity index (χ4n) is 0.963. The van der Waals surface area contributed by atoms with Crippen LogP contribution in [0, 0.1) is 10.8 Å². The third-order valence-corrected chi connectivity index (χ3v) is 1.98. The molecule has 1 aromatic heterocycles. The minimum absolute atomic E-state index is 0.153. The zero-order valence-electron chi connectivity index (χ0n) is 8.31. The molecular weight excluding hydrogens is 226 g/mol. The van der Waals surface area contributed by atoms with Gasteiger partial charge in [0.2, 0.25) is 0 Å². The highest BCUT2D eigenvalue weighted by Crippen LogP contribution is 2.12. The number of nitrogens with zero attached hydrogens (tertiary/aromatic N) is 2. The molecule has 0 saturated carbocycles. The number of nitrogens with two attached hydrogens (primary N) is 1. The van der Waals surface area contributed by atoms with Crippen LogP contribution in [0.25, 0.3) is 0 Å². The zero-order chi connectivity index (χ0) is 12.0. The number of pyridine rings is 1. The highest BCUT2D eigenvalue weighted by Gasteiger charge is 2.03. The zero-order valence-corrected chi connectivity index (χ0v) is 9.07. The van der Waals surface area contributed by atoms with Gasteiger partial charge in [-0.15, -0.1) is 0 Å². The molecule has 1 aromatic rings. The Morgan fingerprint density at radius 3 is 2.88 bits per heavy atom. The van der Waals surface area contributed by atoms with Crippen LogP contribution in [-0.4, -0.2) is 22.9 Å². The van der Waals surface area contributed by atoms with Gasteiger partial charge in [-0.25, -0.2) is 9.98 Å². The Hall–Kier alpha value is -2.01. The molecular formula is C10H10ClN5. The lowest BCUT2D eigenvalue weighted by Crippen LogP contribution is -2.08. The topological polar surface area (TPSA) is 99.0 Å². The number of nitrogens with one attached hydrogen (secondary N) is 2. The lowest BCUT2D eigenvalue weighted by molar-refractivity contribution is 1.31. The van der Waals surface area contributed by atoms with Gasteiger partial charge in [0.05, 0.1) is 5.71 Å². The maximum absolute atomic E-state index is 7.72. The Morgan fingerprint density at radius 1 is 1.50 bits per heavy atom. The van der Waals surface area contributed by atoms with Gasteiger partial charge >= 0.3 is 0 Å². The molecule has 0 amide bonds. The van der Waals surface area contributed by atoms with Crippen LogP contribution >= 0.6 is 11.6 Å². The predicted molar refractivity (Wildman–Crippen MR) is 65.6 cm³/mol. The van der Waals surface area contributed by atoms with Crippen molar-refractivity contribution in [2.75, 3.05) is 0 Å². The van der Waals surface area contributed by atoms with Crippen LogP contribution in [0.4, 0.5) is 0 Å². The van der Waals surface area contributed by atoms with Gasteiger partial charge in [0.1, 0.15) is 17.3 Å². The summed E-state index contributed by atoms with van der Waals surface area (Å²) in [7, 11) is 0. The normalized spacial score (nSPS) is 11.7. The molecule has 82 valence electrons. The lowest BCUT2D eigenvalue weighted by atomic mass is 10.1. The minimum atomic E-state index is 0.153. The molecule has 0 spiro atoms. The van der Waals surface area contributed by atoms with Gasteiger partial charge in [0.25, 0.3) is 0 Å². The highest BCUT2D eigenvalue weighted by atomic mass is 35.5. The molecule has 0 saturated heterocycles. The van der Waals surface area contributed by atoms with Crippen LogP contribution in [0.2, 0.25) is 5.15 Å². The van der Waals surface area contributed by atoms with E-state index in [1.165, 1.54) is 12.2 Å². The maximum atomic E-state index is 7.72. The highest BCUT2D eigenvalue weighted by molar-refractivity contribution is 6.33. The van der Waals surface area contributed by atoms with Gasteiger partial charge in [0.15, 0.2) is 0 Å². The largest absolute Gasteiger partial charge is 0.384 e. The van der Waals surface area contributed by atoms with Crippen LogP contribution in [0.5, 0.6) is 0 Å². The molecule has 0 aliphatic heterocycles. The van der Waals surface area contributed by atoms with Crippen molar-refractivity contribution in [2.24, 2.45) is 10.7 Å². The quantitative estimate of drug-likeness (QED) is 0.420. The van der Waals surface area contributed by atoms with Crippen LogP contribution < -0.4 is 5.73 Å². The summed E-state index contributed by atoms with van der Waals surface area (Å²) in [5.74, 6) is 0.153. The van der Waals surface area contributed by atoms with Crippen LogP contribution in [0.1, 0.15) is 5.56 Å². The molecule has 0 aromatic carbocycles. The molecule has 1 heterocycles. The van der Waals surface area contributed by atoms with E-state index < -0.39 is 0 Å². The number of hydrogen-bond donors (Lipinski definition) is 3. The third-order valence-electron chi connectivity index (χ3n) is 1.68. The summed E-state index contributed by atoms with van der Waals surface area (Å²) < 4.78 is 0. The van der Waals surface area contributed by atoms with Gasteiger partial charge in [-0.1, -0.05) is 11.6 Å². The molecule has 0 aliphatic carbocycles. The predicted octanol–water partition coefficient (Wildman–Crippen LogP) is 1.62. The second kappa shape index (κ2) is 5.77. The standard InChI is InChI=1S/C10H10ClN5/c11-10-7(2-1-5-15-10)8(13)3-4-9(14)16-6-12/h1-6,13H,(H3,12,14,16)/b4-3-,13-8?. The van der Waals surface area contributed by atoms with Crippen LogP contribution in [0.15, 0.2) is 35.5 Å². The molecule has 6 heteroatoms. The Kier molecular flexibility index (Phi) is 4.35. The monoisotopic (exact) mass is 235 g/mol. The first-order valence-electron chi connectivity index (χ1n) is 4.35. The van der Waals surface area contributed by atoms with E-state index in [4.69, 9.17) is 28.2 Å². The van der Waals surface area contributed by atoms with Crippen molar-refractivity contribution in [3.05, 3.63) is 41.2 Å². The second-order valence-corrected chi connectivity index (χ2v) is 3.13. The van der Waals surface area contributed by atoms with Crippen molar-refractivity contribution in [1.82, 2.24) is 4.98 Å². The van der Waals surface area contributed by atoms with E-state index in [2.05, 4.69) is 9.98 Å². The van der Waals surface area contributed by atoms with Crippen molar-refractivity contribution in [3.8, 4) is 0 Å². The molecule has 0 radical (unpaired) electrons. The Bertz CT molecular complexity index is 464. The van der Waals surface area contributed by atoms with Gasteiger partial charge in [-0.3, -0.25) is 5.41 Å². The first-order chi connectivity index (χ1) is 7.65. The molecule has 0 unspecified atom stereocenters. The first-order valence-corrected chi connectivity index (χ1v) is 4.72. The van der Waals surface area contributed by atoms with Gasteiger partial charge < -0.3 is 11.1 Å². The second-order valence-electron chi connectivity index (χ2n) is 2.77. The smallest absolute Gasteiger partial charge is 0.138 e. The van der Waals surface area contributed by atoms with E-state index in [0.29, 0.717) is 5.56 Å². The summed E-state index contributed by atoms with van der Waals surface area (Å²) in [5.41, 5.74) is 6.11. The number of halogens is 1. The molecule has 0 aliphatic rings. The van der Waals surface area contributed by atoms with E-state index in [1.54, 1.807) is 18.3 Å². The fraction of sp³-hybridized carbons (Fsp3) is 0. The SMILES string of the molecule is N=C/N=C(N)/C=C\C(=N)c1cccnc1Cl. The third kappa shape index (κ3) is 3.29. The number of aromatic nitrogens is 1. The number of hydrogen-bond acceptors (Lipinski definition) is 3. The molecule has 0 fully saturated rings. The summed E-state index contributed by atoms with van der Waals surface area (Å²) in [6, 6.07) is 3.38. The number of amidine groups is 1. The van der Waals surface area contributed by atoms with Crippen molar-refractivity contribution in [3.63, 3.8) is 0 Å². The molecule has 0 bridgehead atoms. The average molecular weight is 236 g/mol. The molecule has 1 rings (SSSR count). The summed E-state index contributed by atoms with van der Waals surface area (Å²) in [6.07, 6.45) is 5.26. The van der Waals surface area contributed by atoms with Crippen LogP contribution in [-0.2, 0) is 0 Å². The molecule has 0 atom stereocenters. The summed E-state index contributed by atoms with van der Waals surface area (Å²) in [5, 5.41) is 14.7. The summed E-state index contributed by atoms with van der Waals surface area (Å²) >= 11 is 5.81. The van der Waals surface area contributed by atoms with E-state index >= 15 is 0 Å². The van der Waals surface area contributed by atoms with Gasteiger partial charge in [0, 0.05) is 11.8 Å². The van der Waals surface area contributed by atoms with Gasteiger partial charge in [-0.2, -0.15) is 0 Å². The average Bonchev–Trinajstić information content (AvgIpc) is 2.27.